The molecule has 0 aromatic heterocycles. The average molecular weight is 944 g/mol. The summed E-state index contributed by atoms with van der Waals surface area (Å²) in [7, 11) is 0. The van der Waals surface area contributed by atoms with E-state index < -0.39 is 6.10 Å². The molecule has 0 aliphatic heterocycles. The first-order valence-electron chi connectivity index (χ1n) is 28.4. The molecule has 0 fully saturated rings. The predicted molar refractivity (Wildman–Crippen MR) is 297 cm³/mol. The monoisotopic (exact) mass is 943 g/mol. The Morgan fingerprint density at radius 3 is 1.07 bits per heavy atom. The predicted octanol–water partition coefficient (Wildman–Crippen LogP) is 19.6. The Kier molecular flexibility index (Phi) is 54.9. The highest BCUT2D eigenvalue weighted by molar-refractivity contribution is 5.70. The quantitative estimate of drug-likeness (QED) is 0.0345. The fraction of sp³-hybridized carbons (Fsp3) is 0.683. The van der Waals surface area contributed by atoms with Gasteiger partial charge in [0.05, 0.1) is 6.61 Å². The lowest BCUT2D eigenvalue weighted by Gasteiger charge is -2.18. The zero-order chi connectivity index (χ0) is 49.2. The van der Waals surface area contributed by atoms with Crippen molar-refractivity contribution in [1.29, 1.82) is 0 Å². The first-order chi connectivity index (χ1) is 33.6. The van der Waals surface area contributed by atoms with Crippen LogP contribution in [0.15, 0.2) is 109 Å². The van der Waals surface area contributed by atoms with Crippen molar-refractivity contribution in [2.75, 3.05) is 19.8 Å². The van der Waals surface area contributed by atoms with Crippen LogP contribution in [0.3, 0.4) is 0 Å². The van der Waals surface area contributed by atoms with Crippen molar-refractivity contribution in [3.05, 3.63) is 109 Å². The van der Waals surface area contributed by atoms with E-state index in [9.17, 15) is 9.59 Å². The summed E-state index contributed by atoms with van der Waals surface area (Å²) in [5, 5.41) is 0. The minimum Gasteiger partial charge on any atom is -0.462 e. The molecule has 5 heteroatoms. The summed E-state index contributed by atoms with van der Waals surface area (Å²) in [6.45, 7) is 7.54. The van der Waals surface area contributed by atoms with Crippen LogP contribution in [0.2, 0.25) is 0 Å². The van der Waals surface area contributed by atoms with Gasteiger partial charge in [0, 0.05) is 19.4 Å². The Balaban J connectivity index is 4.38. The van der Waals surface area contributed by atoms with E-state index in [2.05, 4.69) is 130 Å². The van der Waals surface area contributed by atoms with Crippen LogP contribution in [-0.2, 0) is 23.8 Å². The Morgan fingerprint density at radius 1 is 0.338 bits per heavy atom. The molecule has 0 amide bonds. The average Bonchev–Trinajstić information content (AvgIpc) is 3.34. The molecule has 388 valence electrons. The standard InChI is InChI=1S/C63H106O5/c1-4-7-10-13-16-19-22-25-28-30-32-33-36-38-41-44-47-50-53-56-62(64)67-60-61(68-63(65)57-54-51-48-45-42-39-35-27-24-21-18-15-12-9-6-3)59-66-58-55-52-49-46-43-40-37-34-31-29-26-23-20-17-14-11-8-5-2/h7-8,10-11,16-17,19-20,25-26,28-29,32-34,37-38,41,61H,4-6,9,12-15,18,21-24,27,30-31,35-36,39-40,42-60H2,1-3H3/b10-7-,11-8-,19-16-,20-17-,28-25-,29-26-,33-32-,37-34-,41-38-. The number of esters is 2. The maximum absolute atomic E-state index is 12.9. The van der Waals surface area contributed by atoms with Gasteiger partial charge in [-0.2, -0.15) is 0 Å². The van der Waals surface area contributed by atoms with Gasteiger partial charge in [0.2, 0.25) is 0 Å². The number of allylic oxidation sites excluding steroid dienone is 18. The lowest BCUT2D eigenvalue weighted by molar-refractivity contribution is -0.163. The maximum atomic E-state index is 12.9. The molecule has 0 radical (unpaired) electrons. The number of hydrogen-bond donors (Lipinski definition) is 0. The fourth-order valence-corrected chi connectivity index (χ4v) is 7.65. The third kappa shape index (κ3) is 55.2. The Bertz CT molecular complexity index is 1340. The van der Waals surface area contributed by atoms with E-state index in [1.165, 1.54) is 103 Å². The molecule has 0 rings (SSSR count). The van der Waals surface area contributed by atoms with E-state index in [0.29, 0.717) is 19.4 Å². The van der Waals surface area contributed by atoms with Gasteiger partial charge < -0.3 is 14.2 Å². The van der Waals surface area contributed by atoms with E-state index in [-0.39, 0.29) is 25.2 Å². The lowest BCUT2D eigenvalue weighted by atomic mass is 10.0. The zero-order valence-corrected chi connectivity index (χ0v) is 44.6. The number of carbonyl (C=O) groups is 2. The van der Waals surface area contributed by atoms with Gasteiger partial charge >= 0.3 is 11.9 Å². The molecule has 5 nitrogen and oxygen atoms in total. The van der Waals surface area contributed by atoms with Crippen LogP contribution in [-0.4, -0.2) is 37.9 Å². The SMILES string of the molecule is CC/C=C\C/C=C\C/C=C\C/C=C\C/C=C\CCCCCC(=O)OCC(COCCCCCCC/C=C\C/C=C\C/C=C\C/C=C\CC)OC(=O)CCCCCCCCCCCCCCCCC. The van der Waals surface area contributed by atoms with Crippen LogP contribution in [0.5, 0.6) is 0 Å². The van der Waals surface area contributed by atoms with Gasteiger partial charge in [-0.25, -0.2) is 0 Å². The fourth-order valence-electron chi connectivity index (χ4n) is 7.65. The highest BCUT2D eigenvalue weighted by Gasteiger charge is 2.17. The van der Waals surface area contributed by atoms with Crippen molar-refractivity contribution in [3.8, 4) is 0 Å². The van der Waals surface area contributed by atoms with Crippen LogP contribution in [0, 0.1) is 0 Å². The Labute approximate surface area is 421 Å². The molecule has 68 heavy (non-hydrogen) atoms. The summed E-state index contributed by atoms with van der Waals surface area (Å²) in [5.74, 6) is -0.443. The highest BCUT2D eigenvalue weighted by atomic mass is 16.6. The van der Waals surface area contributed by atoms with E-state index in [0.717, 1.165) is 116 Å². The Morgan fingerprint density at radius 2 is 0.662 bits per heavy atom. The van der Waals surface area contributed by atoms with Gasteiger partial charge in [-0.15, -0.1) is 0 Å². The minimum absolute atomic E-state index is 0.0563. The van der Waals surface area contributed by atoms with Crippen LogP contribution in [0.1, 0.15) is 252 Å². The molecular formula is C63H106O5. The minimum atomic E-state index is -0.566. The van der Waals surface area contributed by atoms with Crippen molar-refractivity contribution >= 4 is 11.9 Å². The number of hydrogen-bond acceptors (Lipinski definition) is 5. The van der Waals surface area contributed by atoms with Gasteiger partial charge in [-0.05, 0) is 103 Å². The molecule has 1 atom stereocenters. The molecule has 0 heterocycles. The van der Waals surface area contributed by atoms with Crippen LogP contribution in [0.25, 0.3) is 0 Å². The number of carbonyl (C=O) groups excluding carboxylic acids is 2. The summed E-state index contributed by atoms with van der Waals surface area (Å²) in [4.78, 5) is 25.5. The van der Waals surface area contributed by atoms with E-state index in [1.807, 2.05) is 0 Å². The third-order valence-corrected chi connectivity index (χ3v) is 11.8. The number of unbranched alkanes of at least 4 members (excludes halogenated alkanes) is 22. The highest BCUT2D eigenvalue weighted by Crippen LogP contribution is 2.15. The van der Waals surface area contributed by atoms with Gasteiger partial charge in [-0.3, -0.25) is 9.59 Å². The second kappa shape index (κ2) is 57.9. The summed E-state index contributed by atoms with van der Waals surface area (Å²) in [6.07, 6.45) is 79.6. The largest absolute Gasteiger partial charge is 0.462 e. The van der Waals surface area contributed by atoms with E-state index in [4.69, 9.17) is 14.2 Å². The molecule has 0 N–H and O–H groups in total. The molecule has 0 aromatic rings. The molecular weight excluding hydrogens is 837 g/mol. The molecule has 0 saturated carbocycles. The van der Waals surface area contributed by atoms with Crippen molar-refractivity contribution in [1.82, 2.24) is 0 Å². The molecule has 0 bridgehead atoms. The summed E-state index contributed by atoms with van der Waals surface area (Å²) in [5.41, 5.74) is 0. The first kappa shape index (κ1) is 64.6. The van der Waals surface area contributed by atoms with Gasteiger partial charge in [0.15, 0.2) is 6.10 Å². The van der Waals surface area contributed by atoms with E-state index >= 15 is 0 Å². The topological polar surface area (TPSA) is 61.8 Å². The summed E-state index contributed by atoms with van der Waals surface area (Å²) < 4.78 is 17.4. The van der Waals surface area contributed by atoms with Gasteiger partial charge in [0.1, 0.15) is 6.61 Å². The normalized spacial score (nSPS) is 13.0. The maximum Gasteiger partial charge on any atom is 0.306 e. The number of rotatable bonds is 51. The van der Waals surface area contributed by atoms with Crippen molar-refractivity contribution in [2.24, 2.45) is 0 Å². The molecule has 0 aliphatic rings. The zero-order valence-electron chi connectivity index (χ0n) is 44.6. The second-order valence-corrected chi connectivity index (χ2v) is 18.4. The first-order valence-corrected chi connectivity index (χ1v) is 28.4. The van der Waals surface area contributed by atoms with Crippen LogP contribution >= 0.6 is 0 Å². The van der Waals surface area contributed by atoms with Crippen molar-refractivity contribution in [2.45, 2.75) is 258 Å². The van der Waals surface area contributed by atoms with Crippen LogP contribution in [0.4, 0.5) is 0 Å². The lowest BCUT2D eigenvalue weighted by Crippen LogP contribution is -2.30. The third-order valence-electron chi connectivity index (χ3n) is 11.8. The molecule has 0 aromatic carbocycles. The molecule has 1 unspecified atom stereocenters. The van der Waals surface area contributed by atoms with E-state index in [1.54, 1.807) is 0 Å². The molecule has 0 saturated heterocycles. The summed E-state index contributed by atoms with van der Waals surface area (Å²) in [6, 6.07) is 0. The van der Waals surface area contributed by atoms with Crippen LogP contribution < -0.4 is 0 Å². The van der Waals surface area contributed by atoms with Gasteiger partial charge in [0.25, 0.3) is 0 Å². The Hall–Kier alpha value is -3.44. The van der Waals surface area contributed by atoms with Crippen molar-refractivity contribution < 1.29 is 23.8 Å². The number of ether oxygens (including phenoxy) is 3. The second-order valence-electron chi connectivity index (χ2n) is 18.4. The molecule has 0 spiro atoms. The summed E-state index contributed by atoms with van der Waals surface area (Å²) >= 11 is 0. The van der Waals surface area contributed by atoms with Gasteiger partial charge in [-0.1, -0.05) is 246 Å². The molecule has 0 aliphatic carbocycles. The smallest absolute Gasteiger partial charge is 0.306 e. The van der Waals surface area contributed by atoms with Crippen molar-refractivity contribution in [3.63, 3.8) is 0 Å².